The van der Waals surface area contributed by atoms with E-state index in [1.807, 2.05) is 42.2 Å². The highest BCUT2D eigenvalue weighted by molar-refractivity contribution is 6.00. The van der Waals surface area contributed by atoms with Crippen molar-refractivity contribution in [3.8, 4) is 22.8 Å². The first-order chi connectivity index (χ1) is 13.2. The van der Waals surface area contributed by atoms with Gasteiger partial charge in [-0.05, 0) is 36.2 Å². The van der Waals surface area contributed by atoms with E-state index >= 15 is 0 Å². The number of benzene rings is 2. The number of para-hydroxylation sites is 1. The summed E-state index contributed by atoms with van der Waals surface area (Å²) in [5, 5.41) is 17.6. The van der Waals surface area contributed by atoms with Crippen LogP contribution in [0.15, 0.2) is 48.5 Å². The average Bonchev–Trinajstić information content (AvgIpc) is 3.22. The molecule has 0 spiro atoms. The van der Waals surface area contributed by atoms with Crippen LogP contribution in [0.5, 0.6) is 11.5 Å². The minimum absolute atomic E-state index is 0.0751. The van der Waals surface area contributed by atoms with Crippen molar-refractivity contribution in [3.63, 3.8) is 0 Å². The van der Waals surface area contributed by atoms with Crippen LogP contribution in [0.4, 0.5) is 0 Å². The van der Waals surface area contributed by atoms with Gasteiger partial charge in [0.05, 0.1) is 13.2 Å². The van der Waals surface area contributed by atoms with Crippen LogP contribution < -0.4 is 4.74 Å². The second-order valence-electron chi connectivity index (χ2n) is 6.56. The Morgan fingerprint density at radius 2 is 2.04 bits per heavy atom. The molecule has 3 aromatic rings. The molecule has 6 nitrogen and oxygen atoms in total. The van der Waals surface area contributed by atoms with E-state index in [0.29, 0.717) is 23.5 Å². The number of phenols is 1. The summed E-state index contributed by atoms with van der Waals surface area (Å²) in [5.74, 6) is 0.795. The van der Waals surface area contributed by atoms with E-state index in [1.54, 1.807) is 25.3 Å². The van der Waals surface area contributed by atoms with Crippen molar-refractivity contribution in [2.45, 2.75) is 19.4 Å². The number of amides is 1. The molecule has 0 fully saturated rings. The molecule has 0 saturated heterocycles. The number of phenolic OH excluding ortho intramolecular Hbond substituents is 1. The third kappa shape index (κ3) is 2.73. The van der Waals surface area contributed by atoms with Crippen molar-refractivity contribution in [1.82, 2.24) is 15.1 Å². The van der Waals surface area contributed by atoms with Gasteiger partial charge in [0, 0.05) is 17.7 Å². The maximum absolute atomic E-state index is 13.0. The fourth-order valence-corrected chi connectivity index (χ4v) is 3.71. The zero-order chi connectivity index (χ0) is 19.0. The minimum Gasteiger partial charge on any atom is -0.507 e. The molecule has 1 aromatic heterocycles. The highest BCUT2D eigenvalue weighted by atomic mass is 16.5. The van der Waals surface area contributed by atoms with Crippen LogP contribution in [0.3, 0.4) is 0 Å². The third-order valence-electron chi connectivity index (χ3n) is 4.90. The smallest absolute Gasteiger partial charge is 0.273 e. The van der Waals surface area contributed by atoms with E-state index in [-0.39, 0.29) is 17.7 Å². The van der Waals surface area contributed by atoms with Gasteiger partial charge in [-0.3, -0.25) is 9.89 Å². The SMILES string of the molecule is CCCN1C(=O)c2[nH]nc(-c3ccccc3O)c2[C@H]1c1cccc(OC)c1. The molecule has 1 amide bonds. The number of H-pyrrole nitrogens is 1. The molecule has 138 valence electrons. The summed E-state index contributed by atoms with van der Waals surface area (Å²) in [4.78, 5) is 14.9. The molecule has 2 N–H and O–H groups in total. The number of nitrogens with zero attached hydrogens (tertiary/aromatic N) is 2. The average molecular weight is 363 g/mol. The molecular formula is C21H21N3O3. The summed E-state index contributed by atoms with van der Waals surface area (Å²) in [6, 6.07) is 14.5. The summed E-state index contributed by atoms with van der Waals surface area (Å²) in [7, 11) is 1.62. The summed E-state index contributed by atoms with van der Waals surface area (Å²) >= 11 is 0. The molecule has 0 aliphatic carbocycles. The molecule has 0 unspecified atom stereocenters. The molecular weight excluding hydrogens is 342 g/mol. The molecule has 4 rings (SSSR count). The summed E-state index contributed by atoms with van der Waals surface area (Å²) < 4.78 is 5.37. The molecule has 1 atom stereocenters. The van der Waals surface area contributed by atoms with E-state index in [4.69, 9.17) is 4.74 Å². The topological polar surface area (TPSA) is 78.5 Å². The van der Waals surface area contributed by atoms with Gasteiger partial charge in [0.2, 0.25) is 0 Å². The maximum atomic E-state index is 13.0. The van der Waals surface area contributed by atoms with Gasteiger partial charge in [-0.25, -0.2) is 0 Å². The van der Waals surface area contributed by atoms with Gasteiger partial charge in [-0.15, -0.1) is 0 Å². The minimum atomic E-state index is -0.282. The van der Waals surface area contributed by atoms with Crippen LogP contribution in [0.25, 0.3) is 11.3 Å². The Morgan fingerprint density at radius 1 is 1.22 bits per heavy atom. The number of nitrogens with one attached hydrogen (secondary N) is 1. The van der Waals surface area contributed by atoms with Gasteiger partial charge >= 0.3 is 0 Å². The number of carbonyl (C=O) groups is 1. The number of aromatic hydroxyl groups is 1. The van der Waals surface area contributed by atoms with Crippen LogP contribution in [0.1, 0.15) is 41.0 Å². The summed E-state index contributed by atoms with van der Waals surface area (Å²) in [6.45, 7) is 2.67. The number of hydrogen-bond acceptors (Lipinski definition) is 4. The number of aromatic nitrogens is 2. The lowest BCUT2D eigenvalue weighted by Crippen LogP contribution is -2.30. The monoisotopic (exact) mass is 363 g/mol. The van der Waals surface area contributed by atoms with Crippen molar-refractivity contribution in [2.24, 2.45) is 0 Å². The number of aromatic amines is 1. The van der Waals surface area contributed by atoms with Gasteiger partial charge in [-0.1, -0.05) is 31.2 Å². The Hall–Kier alpha value is -3.28. The first kappa shape index (κ1) is 17.1. The van der Waals surface area contributed by atoms with Crippen LogP contribution in [-0.2, 0) is 0 Å². The lowest BCUT2D eigenvalue weighted by atomic mass is 9.95. The number of rotatable bonds is 5. The highest BCUT2D eigenvalue weighted by Gasteiger charge is 2.42. The van der Waals surface area contributed by atoms with Crippen molar-refractivity contribution in [2.75, 3.05) is 13.7 Å². The van der Waals surface area contributed by atoms with E-state index in [9.17, 15) is 9.90 Å². The molecule has 6 heteroatoms. The van der Waals surface area contributed by atoms with Crippen LogP contribution in [0.2, 0.25) is 0 Å². The summed E-state index contributed by atoms with van der Waals surface area (Å²) in [5.41, 5.74) is 3.43. The second kappa shape index (κ2) is 6.79. The Kier molecular flexibility index (Phi) is 4.32. The first-order valence-electron chi connectivity index (χ1n) is 8.97. The zero-order valence-electron chi connectivity index (χ0n) is 15.3. The van der Waals surface area contributed by atoms with E-state index in [2.05, 4.69) is 10.2 Å². The number of fused-ring (bicyclic) bond motifs is 1. The molecule has 1 aliphatic rings. The fraction of sp³-hybridized carbons (Fsp3) is 0.238. The van der Waals surface area contributed by atoms with Crippen molar-refractivity contribution in [3.05, 3.63) is 65.4 Å². The number of carbonyl (C=O) groups excluding carboxylic acids is 1. The molecule has 27 heavy (non-hydrogen) atoms. The van der Waals surface area contributed by atoms with Crippen LogP contribution in [0, 0.1) is 0 Å². The normalized spacial score (nSPS) is 15.9. The zero-order valence-corrected chi connectivity index (χ0v) is 15.3. The largest absolute Gasteiger partial charge is 0.507 e. The number of methoxy groups -OCH3 is 1. The van der Waals surface area contributed by atoms with E-state index < -0.39 is 0 Å². The van der Waals surface area contributed by atoms with Crippen molar-refractivity contribution in [1.29, 1.82) is 0 Å². The molecule has 1 aliphatic heterocycles. The number of ether oxygens (including phenoxy) is 1. The third-order valence-corrected chi connectivity index (χ3v) is 4.90. The molecule has 2 heterocycles. The van der Waals surface area contributed by atoms with Crippen LogP contribution >= 0.6 is 0 Å². The maximum Gasteiger partial charge on any atom is 0.273 e. The number of hydrogen-bond donors (Lipinski definition) is 2. The standard InChI is InChI=1S/C21H21N3O3/c1-3-11-24-20(13-7-6-8-14(12-13)27-2)17-18(22-23-19(17)21(24)26)15-9-4-5-10-16(15)25/h4-10,12,20,25H,3,11H2,1-2H3,(H,22,23)/t20-/m1/s1. The Bertz CT molecular complexity index is 996. The van der Waals surface area contributed by atoms with E-state index in [1.165, 1.54) is 0 Å². The second-order valence-corrected chi connectivity index (χ2v) is 6.56. The van der Waals surface area contributed by atoms with Crippen LogP contribution in [-0.4, -0.2) is 39.8 Å². The van der Waals surface area contributed by atoms with Gasteiger partial charge in [0.15, 0.2) is 0 Å². The first-order valence-corrected chi connectivity index (χ1v) is 8.97. The predicted molar refractivity (Wildman–Crippen MR) is 102 cm³/mol. The molecule has 0 saturated carbocycles. The predicted octanol–water partition coefficient (Wildman–Crippen LogP) is 3.75. The van der Waals surface area contributed by atoms with Gasteiger partial charge < -0.3 is 14.7 Å². The Balaban J connectivity index is 1.91. The van der Waals surface area contributed by atoms with Gasteiger partial charge in [0.25, 0.3) is 5.91 Å². The molecule has 2 aromatic carbocycles. The van der Waals surface area contributed by atoms with Crippen molar-refractivity contribution >= 4 is 5.91 Å². The van der Waals surface area contributed by atoms with E-state index in [0.717, 1.165) is 23.3 Å². The lowest BCUT2D eigenvalue weighted by molar-refractivity contribution is 0.0744. The Morgan fingerprint density at radius 3 is 2.78 bits per heavy atom. The van der Waals surface area contributed by atoms with Crippen molar-refractivity contribution < 1.29 is 14.6 Å². The van der Waals surface area contributed by atoms with Gasteiger partial charge in [0.1, 0.15) is 22.9 Å². The molecule has 0 radical (unpaired) electrons. The fourth-order valence-electron chi connectivity index (χ4n) is 3.71. The Labute approximate surface area is 157 Å². The highest BCUT2D eigenvalue weighted by Crippen LogP contribution is 2.44. The van der Waals surface area contributed by atoms with Gasteiger partial charge in [-0.2, -0.15) is 5.10 Å². The molecule has 0 bridgehead atoms. The summed E-state index contributed by atoms with van der Waals surface area (Å²) in [6.07, 6.45) is 0.843. The lowest BCUT2D eigenvalue weighted by Gasteiger charge is -2.26. The quantitative estimate of drug-likeness (QED) is 0.724.